The lowest BCUT2D eigenvalue weighted by Crippen LogP contribution is -2.54. The molecule has 46 heavy (non-hydrogen) atoms. The van der Waals surface area contributed by atoms with E-state index in [4.69, 9.17) is 0 Å². The first-order valence-corrected chi connectivity index (χ1v) is 16.9. The molecule has 0 saturated heterocycles. The molecule has 1 heteroatoms. The second kappa shape index (κ2) is 10.1. The second-order valence-corrected chi connectivity index (χ2v) is 14.0. The van der Waals surface area contributed by atoms with Crippen molar-refractivity contribution < 1.29 is 0 Å². The van der Waals surface area contributed by atoms with Gasteiger partial charge in [-0.1, -0.05) is 129 Å². The summed E-state index contributed by atoms with van der Waals surface area (Å²) < 4.78 is 0. The van der Waals surface area contributed by atoms with Gasteiger partial charge in [-0.3, -0.25) is 0 Å². The Bertz CT molecular complexity index is 2250. The van der Waals surface area contributed by atoms with Gasteiger partial charge in [0.25, 0.3) is 0 Å². The van der Waals surface area contributed by atoms with Crippen molar-refractivity contribution in [3.63, 3.8) is 0 Å². The number of fused-ring (bicyclic) bond motifs is 6. The van der Waals surface area contributed by atoms with Crippen molar-refractivity contribution in [2.75, 3.05) is 4.90 Å². The zero-order valence-electron chi connectivity index (χ0n) is 27.0. The summed E-state index contributed by atoms with van der Waals surface area (Å²) in [6.45, 7) is 7.43. The summed E-state index contributed by atoms with van der Waals surface area (Å²) in [5.41, 5.74) is 11.0. The quantitative estimate of drug-likeness (QED) is 0.184. The Morgan fingerprint density at radius 3 is 1.80 bits per heavy atom. The van der Waals surface area contributed by atoms with Crippen molar-refractivity contribution >= 4 is 43.7 Å². The van der Waals surface area contributed by atoms with E-state index >= 15 is 0 Å². The molecule has 1 saturated carbocycles. The molecule has 0 bridgehead atoms. The summed E-state index contributed by atoms with van der Waals surface area (Å²) in [5, 5.41) is 7.83. The predicted octanol–water partition coefficient (Wildman–Crippen LogP) is 12.5. The number of nitrogens with zero attached hydrogens (tertiary/aromatic N) is 1. The van der Waals surface area contributed by atoms with Crippen LogP contribution in [0.4, 0.5) is 11.4 Å². The zero-order valence-corrected chi connectivity index (χ0v) is 27.0. The lowest BCUT2D eigenvalue weighted by atomic mass is 9.61. The van der Waals surface area contributed by atoms with Gasteiger partial charge in [0.05, 0.1) is 5.54 Å². The molecular weight excluding hydrogens is 555 g/mol. The Labute approximate surface area is 272 Å². The van der Waals surface area contributed by atoms with Crippen molar-refractivity contribution in [1.29, 1.82) is 0 Å². The summed E-state index contributed by atoms with van der Waals surface area (Å²) in [6.07, 6.45) is 4.97. The van der Waals surface area contributed by atoms with E-state index in [2.05, 4.69) is 159 Å². The summed E-state index contributed by atoms with van der Waals surface area (Å²) in [6, 6.07) is 49.9. The standard InChI is InChI=1S/C45H39N/c1-30-28-32(29-40-43(30)46(33-18-5-4-6-19-33)45(3)27-14-13-26-44(40,45)2)41-36-21-9-11-23-38(36)42(39-24-12-10-22-37(39)41)35-25-15-17-31-16-7-8-20-34(31)35/h4-12,15-25,28-29H,13-14,26-27H2,1-3H3. The second-order valence-electron chi connectivity index (χ2n) is 14.0. The Morgan fingerprint density at radius 2 is 1.11 bits per heavy atom. The first kappa shape index (κ1) is 27.4. The van der Waals surface area contributed by atoms with E-state index in [0.29, 0.717) is 0 Å². The van der Waals surface area contributed by atoms with Crippen LogP contribution in [0.2, 0.25) is 0 Å². The van der Waals surface area contributed by atoms with Gasteiger partial charge in [-0.05, 0) is 117 Å². The molecule has 7 aromatic rings. The summed E-state index contributed by atoms with van der Waals surface area (Å²) in [5.74, 6) is 0. The molecule has 9 rings (SSSR count). The van der Waals surface area contributed by atoms with Crippen molar-refractivity contribution in [2.45, 2.75) is 57.4 Å². The molecule has 2 aliphatic rings. The molecule has 0 amide bonds. The molecule has 1 aliphatic heterocycles. The highest BCUT2D eigenvalue weighted by molar-refractivity contribution is 6.23. The number of hydrogen-bond acceptors (Lipinski definition) is 1. The van der Waals surface area contributed by atoms with E-state index in [1.807, 2.05) is 0 Å². The van der Waals surface area contributed by atoms with Crippen LogP contribution in [0.1, 0.15) is 50.7 Å². The van der Waals surface area contributed by atoms with Crippen LogP contribution < -0.4 is 4.90 Å². The SMILES string of the molecule is Cc1cc(-c2c3ccccc3c(-c3cccc4ccccc34)c3ccccc23)cc2c1N(c1ccccc1)C1(C)CCCCC21C. The van der Waals surface area contributed by atoms with E-state index in [0.717, 1.165) is 0 Å². The van der Waals surface area contributed by atoms with Crippen molar-refractivity contribution in [3.05, 3.63) is 145 Å². The van der Waals surface area contributed by atoms with Gasteiger partial charge in [-0.2, -0.15) is 0 Å². The van der Waals surface area contributed by atoms with E-state index in [9.17, 15) is 0 Å². The van der Waals surface area contributed by atoms with Gasteiger partial charge in [0.2, 0.25) is 0 Å². The minimum atomic E-state index is 0.0285. The predicted molar refractivity (Wildman–Crippen MR) is 197 cm³/mol. The zero-order chi connectivity index (χ0) is 31.0. The molecule has 1 aliphatic carbocycles. The van der Waals surface area contributed by atoms with Gasteiger partial charge in [-0.25, -0.2) is 0 Å². The largest absolute Gasteiger partial charge is 0.334 e. The topological polar surface area (TPSA) is 3.24 Å². The van der Waals surface area contributed by atoms with E-state index < -0.39 is 0 Å². The van der Waals surface area contributed by atoms with Gasteiger partial charge in [0, 0.05) is 16.8 Å². The minimum Gasteiger partial charge on any atom is -0.334 e. The first-order chi connectivity index (χ1) is 22.5. The van der Waals surface area contributed by atoms with Gasteiger partial charge in [0.15, 0.2) is 0 Å². The highest BCUT2D eigenvalue weighted by atomic mass is 15.3. The fourth-order valence-electron chi connectivity index (χ4n) is 9.33. The molecule has 7 aromatic carbocycles. The summed E-state index contributed by atoms with van der Waals surface area (Å²) >= 11 is 0. The third-order valence-electron chi connectivity index (χ3n) is 11.7. The number of para-hydroxylation sites is 1. The number of anilines is 2. The van der Waals surface area contributed by atoms with Crippen LogP contribution in [0.15, 0.2) is 133 Å². The molecule has 0 aromatic heterocycles. The Hall–Kier alpha value is -4.88. The highest BCUT2D eigenvalue weighted by Gasteiger charge is 2.58. The van der Waals surface area contributed by atoms with Gasteiger partial charge < -0.3 is 4.90 Å². The highest BCUT2D eigenvalue weighted by Crippen LogP contribution is 2.62. The molecule has 0 radical (unpaired) electrons. The van der Waals surface area contributed by atoms with Crippen LogP contribution in [0.25, 0.3) is 54.6 Å². The monoisotopic (exact) mass is 593 g/mol. The van der Waals surface area contributed by atoms with E-state index in [-0.39, 0.29) is 11.0 Å². The Kier molecular flexibility index (Phi) is 6.00. The van der Waals surface area contributed by atoms with Crippen LogP contribution in [0.3, 0.4) is 0 Å². The number of rotatable bonds is 3. The Morgan fingerprint density at radius 1 is 0.543 bits per heavy atom. The first-order valence-electron chi connectivity index (χ1n) is 16.9. The fraction of sp³-hybridized carbons (Fsp3) is 0.200. The molecule has 0 spiro atoms. The number of benzene rings is 7. The molecule has 1 heterocycles. The average molecular weight is 594 g/mol. The van der Waals surface area contributed by atoms with Gasteiger partial charge in [-0.15, -0.1) is 0 Å². The third kappa shape index (κ3) is 3.69. The maximum absolute atomic E-state index is 2.71. The molecule has 1 fully saturated rings. The number of aryl methyl sites for hydroxylation is 1. The maximum atomic E-state index is 2.71. The summed E-state index contributed by atoms with van der Waals surface area (Å²) in [4.78, 5) is 2.71. The molecule has 2 unspecified atom stereocenters. The maximum Gasteiger partial charge on any atom is 0.0518 e. The van der Waals surface area contributed by atoms with Crippen LogP contribution in [-0.4, -0.2) is 5.54 Å². The average Bonchev–Trinajstić information content (AvgIpc) is 3.31. The molecule has 0 N–H and O–H groups in total. The third-order valence-corrected chi connectivity index (χ3v) is 11.7. The van der Waals surface area contributed by atoms with E-state index in [1.165, 1.54) is 103 Å². The normalized spacial score (nSPS) is 20.7. The van der Waals surface area contributed by atoms with Gasteiger partial charge >= 0.3 is 0 Å². The van der Waals surface area contributed by atoms with Crippen molar-refractivity contribution in [2.24, 2.45) is 0 Å². The molecule has 2 atom stereocenters. The van der Waals surface area contributed by atoms with Crippen molar-refractivity contribution in [3.8, 4) is 22.3 Å². The van der Waals surface area contributed by atoms with Crippen molar-refractivity contribution in [1.82, 2.24) is 0 Å². The fourth-order valence-corrected chi connectivity index (χ4v) is 9.33. The van der Waals surface area contributed by atoms with Crippen LogP contribution in [0.5, 0.6) is 0 Å². The van der Waals surface area contributed by atoms with Gasteiger partial charge in [0.1, 0.15) is 0 Å². The number of hydrogen-bond donors (Lipinski definition) is 0. The molecular formula is C45H39N. The van der Waals surface area contributed by atoms with Crippen LogP contribution >= 0.6 is 0 Å². The smallest absolute Gasteiger partial charge is 0.0518 e. The Balaban J connectivity index is 1.36. The van der Waals surface area contributed by atoms with Crippen LogP contribution in [-0.2, 0) is 5.41 Å². The lowest BCUT2D eigenvalue weighted by molar-refractivity contribution is 0.195. The minimum absolute atomic E-state index is 0.0285. The van der Waals surface area contributed by atoms with Crippen LogP contribution in [0, 0.1) is 6.92 Å². The van der Waals surface area contributed by atoms with E-state index in [1.54, 1.807) is 0 Å². The lowest BCUT2D eigenvalue weighted by Gasteiger charge is -2.50. The molecule has 224 valence electrons. The molecule has 1 nitrogen and oxygen atoms in total. The summed E-state index contributed by atoms with van der Waals surface area (Å²) in [7, 11) is 0.